The van der Waals surface area contributed by atoms with Crippen molar-refractivity contribution in [3.8, 4) is 11.1 Å². The Kier molecular flexibility index (Phi) is 6.65. The summed E-state index contributed by atoms with van der Waals surface area (Å²) >= 11 is 1.38. The molecule has 0 bridgehead atoms. The van der Waals surface area contributed by atoms with E-state index in [0.717, 1.165) is 12.1 Å². The van der Waals surface area contributed by atoms with Gasteiger partial charge in [-0.25, -0.2) is 22.4 Å². The SMILES string of the molecule is CCSc1cccc(-c2c(F)c(F)c(NC(=O)c3ccccc3C(=O)O)c(F)c2F)c1. The molecule has 0 fully saturated rings. The highest BCUT2D eigenvalue weighted by atomic mass is 32.2. The largest absolute Gasteiger partial charge is 0.478 e. The van der Waals surface area contributed by atoms with Gasteiger partial charge in [0.25, 0.3) is 5.91 Å². The summed E-state index contributed by atoms with van der Waals surface area (Å²) in [6, 6.07) is 10.8. The average molecular weight is 449 g/mol. The fourth-order valence-electron chi connectivity index (χ4n) is 2.95. The molecule has 3 rings (SSSR count). The Labute approximate surface area is 178 Å². The van der Waals surface area contributed by atoms with Crippen molar-refractivity contribution in [2.24, 2.45) is 0 Å². The highest BCUT2D eigenvalue weighted by Crippen LogP contribution is 2.36. The first-order chi connectivity index (χ1) is 14.8. The summed E-state index contributed by atoms with van der Waals surface area (Å²) in [5, 5.41) is 10.9. The summed E-state index contributed by atoms with van der Waals surface area (Å²) in [6.45, 7) is 1.87. The lowest BCUT2D eigenvalue weighted by Crippen LogP contribution is -2.19. The standard InChI is InChI=1S/C22H15F4NO3S/c1-2-31-12-7-5-6-11(10-12)15-16(23)18(25)20(19(26)17(15)24)27-21(28)13-8-3-4-9-14(13)22(29)30/h3-10H,2H2,1H3,(H,27,28)(H,29,30). The zero-order valence-corrected chi connectivity index (χ0v) is 16.8. The van der Waals surface area contributed by atoms with Crippen molar-refractivity contribution in [1.29, 1.82) is 0 Å². The molecule has 0 aliphatic carbocycles. The van der Waals surface area contributed by atoms with Crippen molar-refractivity contribution in [2.45, 2.75) is 11.8 Å². The van der Waals surface area contributed by atoms with Gasteiger partial charge in [0.1, 0.15) is 5.69 Å². The molecule has 3 aromatic rings. The maximum Gasteiger partial charge on any atom is 0.336 e. The zero-order chi connectivity index (χ0) is 22.7. The molecule has 0 saturated heterocycles. The second-order valence-corrected chi connectivity index (χ2v) is 7.61. The summed E-state index contributed by atoms with van der Waals surface area (Å²) < 4.78 is 58.8. The van der Waals surface area contributed by atoms with Gasteiger partial charge in [0.05, 0.1) is 16.7 Å². The molecular formula is C22H15F4NO3S. The third-order valence-corrected chi connectivity index (χ3v) is 5.21. The predicted molar refractivity (Wildman–Crippen MR) is 109 cm³/mol. The fourth-order valence-corrected chi connectivity index (χ4v) is 3.67. The van der Waals surface area contributed by atoms with Crippen LogP contribution in [-0.2, 0) is 0 Å². The van der Waals surface area contributed by atoms with E-state index in [1.807, 2.05) is 6.92 Å². The number of carbonyl (C=O) groups excluding carboxylic acids is 1. The van der Waals surface area contributed by atoms with Crippen molar-refractivity contribution in [3.63, 3.8) is 0 Å². The number of hydrogen-bond donors (Lipinski definition) is 2. The number of hydrogen-bond acceptors (Lipinski definition) is 3. The van der Waals surface area contributed by atoms with E-state index in [-0.39, 0.29) is 5.56 Å². The summed E-state index contributed by atoms with van der Waals surface area (Å²) in [7, 11) is 0. The van der Waals surface area contributed by atoms with E-state index in [1.54, 1.807) is 11.4 Å². The number of aromatic carboxylic acids is 1. The molecule has 0 aliphatic rings. The van der Waals surface area contributed by atoms with Crippen LogP contribution in [0.3, 0.4) is 0 Å². The van der Waals surface area contributed by atoms with Crippen molar-refractivity contribution >= 4 is 29.3 Å². The van der Waals surface area contributed by atoms with Gasteiger partial charge in [0, 0.05) is 4.90 Å². The van der Waals surface area contributed by atoms with Crippen molar-refractivity contribution in [1.82, 2.24) is 0 Å². The predicted octanol–water partition coefficient (Wildman–Crippen LogP) is 5.97. The van der Waals surface area contributed by atoms with Crippen molar-refractivity contribution < 1.29 is 32.3 Å². The van der Waals surface area contributed by atoms with Gasteiger partial charge in [-0.05, 0) is 35.6 Å². The van der Waals surface area contributed by atoms with E-state index >= 15 is 0 Å². The lowest BCUT2D eigenvalue weighted by Gasteiger charge is -2.14. The molecule has 0 spiro atoms. The van der Waals surface area contributed by atoms with Crippen LogP contribution in [0.5, 0.6) is 0 Å². The van der Waals surface area contributed by atoms with Crippen LogP contribution in [0, 0.1) is 23.3 Å². The number of anilines is 1. The van der Waals surface area contributed by atoms with Gasteiger partial charge in [0.2, 0.25) is 0 Å². The van der Waals surface area contributed by atoms with Gasteiger partial charge < -0.3 is 10.4 Å². The van der Waals surface area contributed by atoms with Crippen LogP contribution in [0.15, 0.2) is 53.4 Å². The molecule has 4 nitrogen and oxygen atoms in total. The molecule has 1 amide bonds. The Bertz CT molecular complexity index is 1150. The van der Waals surface area contributed by atoms with Crippen LogP contribution >= 0.6 is 11.8 Å². The minimum Gasteiger partial charge on any atom is -0.478 e. The van der Waals surface area contributed by atoms with E-state index in [0.29, 0.717) is 10.6 Å². The van der Waals surface area contributed by atoms with Crippen LogP contribution in [0.25, 0.3) is 11.1 Å². The molecule has 0 unspecified atom stereocenters. The third kappa shape index (κ3) is 4.41. The Morgan fingerprint density at radius 2 is 1.52 bits per heavy atom. The lowest BCUT2D eigenvalue weighted by atomic mass is 10.0. The smallest absolute Gasteiger partial charge is 0.336 e. The van der Waals surface area contributed by atoms with E-state index in [9.17, 15) is 27.2 Å². The molecule has 0 radical (unpaired) electrons. The lowest BCUT2D eigenvalue weighted by molar-refractivity contribution is 0.0692. The van der Waals surface area contributed by atoms with E-state index in [1.165, 1.54) is 42.1 Å². The first-order valence-electron chi connectivity index (χ1n) is 8.99. The maximum atomic E-state index is 14.7. The zero-order valence-electron chi connectivity index (χ0n) is 16.0. The number of carbonyl (C=O) groups is 2. The topological polar surface area (TPSA) is 66.4 Å². The van der Waals surface area contributed by atoms with Crippen LogP contribution in [-0.4, -0.2) is 22.7 Å². The quantitative estimate of drug-likeness (QED) is 0.276. The van der Waals surface area contributed by atoms with Crippen molar-refractivity contribution in [3.05, 3.63) is 82.9 Å². The number of carboxylic acids is 1. The first-order valence-corrected chi connectivity index (χ1v) is 9.97. The molecule has 2 N–H and O–H groups in total. The molecule has 0 aromatic heterocycles. The Hall–Kier alpha value is -3.33. The molecular weight excluding hydrogens is 434 g/mol. The summed E-state index contributed by atoms with van der Waals surface area (Å²) in [5.74, 6) is -8.97. The normalized spacial score (nSPS) is 10.7. The second-order valence-electron chi connectivity index (χ2n) is 6.27. The average Bonchev–Trinajstić information content (AvgIpc) is 2.76. The minimum atomic E-state index is -1.80. The highest BCUT2D eigenvalue weighted by Gasteiger charge is 2.28. The van der Waals surface area contributed by atoms with Crippen LogP contribution in [0.4, 0.5) is 23.2 Å². The molecule has 160 valence electrons. The van der Waals surface area contributed by atoms with Gasteiger partial charge in [-0.3, -0.25) is 4.79 Å². The van der Waals surface area contributed by atoms with Gasteiger partial charge >= 0.3 is 5.97 Å². The molecule has 0 saturated carbocycles. The number of rotatable bonds is 6. The third-order valence-electron chi connectivity index (χ3n) is 4.34. The first kappa shape index (κ1) is 22.4. The summed E-state index contributed by atoms with van der Waals surface area (Å²) in [5.41, 5.74) is -3.19. The minimum absolute atomic E-state index is 0.0691. The Morgan fingerprint density at radius 3 is 2.10 bits per heavy atom. The molecule has 0 heterocycles. The molecule has 9 heteroatoms. The summed E-state index contributed by atoms with van der Waals surface area (Å²) in [4.78, 5) is 24.3. The summed E-state index contributed by atoms with van der Waals surface area (Å²) in [6.07, 6.45) is 0. The molecule has 0 atom stereocenters. The number of halogens is 4. The van der Waals surface area contributed by atoms with Crippen LogP contribution in [0.1, 0.15) is 27.6 Å². The number of nitrogens with one attached hydrogen (secondary N) is 1. The maximum absolute atomic E-state index is 14.7. The Balaban J connectivity index is 2.06. The van der Waals surface area contributed by atoms with Crippen LogP contribution < -0.4 is 5.32 Å². The van der Waals surface area contributed by atoms with E-state index in [2.05, 4.69) is 0 Å². The van der Waals surface area contributed by atoms with Crippen LogP contribution in [0.2, 0.25) is 0 Å². The Morgan fingerprint density at radius 1 is 0.903 bits per heavy atom. The number of thioether (sulfide) groups is 1. The highest BCUT2D eigenvalue weighted by molar-refractivity contribution is 7.99. The second kappa shape index (κ2) is 9.22. The number of carboxylic acid groups (broad SMARTS) is 1. The van der Waals surface area contributed by atoms with Gasteiger partial charge in [-0.1, -0.05) is 31.2 Å². The number of benzene rings is 3. The number of amides is 1. The van der Waals surface area contributed by atoms with Gasteiger partial charge in [0.15, 0.2) is 23.3 Å². The van der Waals surface area contributed by atoms with Crippen molar-refractivity contribution in [2.75, 3.05) is 11.1 Å². The van der Waals surface area contributed by atoms with E-state index in [4.69, 9.17) is 5.11 Å². The molecule has 0 aliphatic heterocycles. The molecule has 31 heavy (non-hydrogen) atoms. The fraction of sp³-hybridized carbons (Fsp3) is 0.0909. The van der Waals surface area contributed by atoms with E-state index < -0.39 is 57.5 Å². The van der Waals surface area contributed by atoms with Gasteiger partial charge in [-0.15, -0.1) is 11.8 Å². The van der Waals surface area contributed by atoms with Gasteiger partial charge in [-0.2, -0.15) is 0 Å². The monoisotopic (exact) mass is 449 g/mol. The molecule has 3 aromatic carbocycles.